The van der Waals surface area contributed by atoms with Gasteiger partial charge in [0.25, 0.3) is 0 Å². The van der Waals surface area contributed by atoms with Crippen molar-refractivity contribution in [3.8, 4) is 0 Å². The highest BCUT2D eigenvalue weighted by Gasteiger charge is 2.03. The Morgan fingerprint density at radius 1 is 1.06 bits per heavy atom. The van der Waals surface area contributed by atoms with Gasteiger partial charge in [0.05, 0.1) is 0 Å². The van der Waals surface area contributed by atoms with E-state index in [2.05, 4.69) is 45.0 Å². The van der Waals surface area contributed by atoms with Gasteiger partial charge in [-0.2, -0.15) is 0 Å². The van der Waals surface area contributed by atoms with Crippen LogP contribution in [0.15, 0.2) is 24.3 Å². The molecule has 1 aromatic rings. The number of rotatable bonds is 4. The molecule has 0 spiro atoms. The van der Waals surface area contributed by atoms with Crippen LogP contribution in [0.25, 0.3) is 0 Å². The first-order chi connectivity index (χ1) is 7.24. The molecule has 0 aliphatic heterocycles. The smallest absolute Gasteiger partial charge is 0.0190 e. The highest BCUT2D eigenvalue weighted by molar-refractivity contribution is 5.23. The molecule has 0 saturated heterocycles. The van der Waals surface area contributed by atoms with E-state index in [0.717, 1.165) is 5.92 Å². The summed E-state index contributed by atoms with van der Waals surface area (Å²) in [4.78, 5) is 0. The summed E-state index contributed by atoms with van der Waals surface area (Å²) in [6.45, 7) is 10.7. The quantitative estimate of drug-likeness (QED) is 0.721. The van der Waals surface area contributed by atoms with Gasteiger partial charge in [-0.15, -0.1) is 0 Å². The predicted octanol–water partition coefficient (Wildman–Crippen LogP) is 5.48. The first-order valence-corrected chi connectivity index (χ1v) is 6.30. The van der Waals surface area contributed by atoms with Gasteiger partial charge in [0, 0.05) is 0 Å². The summed E-state index contributed by atoms with van der Waals surface area (Å²) in [6, 6.07) is 8.93. The predicted molar refractivity (Wildman–Crippen MR) is 75.5 cm³/mol. The number of aryl methyl sites for hydroxylation is 1. The van der Waals surface area contributed by atoms with E-state index >= 15 is 0 Å². The fourth-order valence-corrected chi connectivity index (χ4v) is 1.57. The van der Waals surface area contributed by atoms with Gasteiger partial charge < -0.3 is 6.15 Å². The molecule has 1 rings (SSSR count). The Hall–Kier alpha value is -0.820. The number of hydrogen-bond acceptors (Lipinski definition) is 1. The highest BCUT2D eigenvalue weighted by atomic mass is 14.1. The Morgan fingerprint density at radius 3 is 2.00 bits per heavy atom. The molecule has 0 aromatic heterocycles. The summed E-state index contributed by atoms with van der Waals surface area (Å²) in [5, 5.41) is 0. The average Bonchev–Trinajstić information content (AvgIpc) is 2.29. The summed E-state index contributed by atoms with van der Waals surface area (Å²) in [5.74, 6) is 0.723. The molecule has 0 heterocycles. The average molecular weight is 223 g/mol. The van der Waals surface area contributed by atoms with Crippen molar-refractivity contribution in [1.29, 1.82) is 0 Å². The third-order valence-corrected chi connectivity index (χ3v) is 2.64. The lowest BCUT2D eigenvalue weighted by atomic mass is 9.95. The molecule has 0 saturated carbocycles. The highest BCUT2D eigenvalue weighted by Crippen LogP contribution is 2.21. The molecule has 1 nitrogen and oxygen atoms in total. The molecule has 0 aliphatic rings. The molecule has 1 aromatic carbocycles. The van der Waals surface area contributed by atoms with Crippen molar-refractivity contribution in [3.05, 3.63) is 35.4 Å². The van der Waals surface area contributed by atoms with Crippen molar-refractivity contribution in [2.45, 2.75) is 59.8 Å². The fraction of sp³-hybridized carbons (Fsp3) is 0.600. The van der Waals surface area contributed by atoms with Crippen LogP contribution in [-0.4, -0.2) is 0 Å². The van der Waals surface area contributed by atoms with Gasteiger partial charge in [0.2, 0.25) is 0 Å². The van der Waals surface area contributed by atoms with Crippen molar-refractivity contribution >= 4 is 0 Å². The standard InChI is InChI=1S/C13H20.C2H6.H3N/c1-4-5-6-12(3)13-9-7-11(2)8-10-13;1-2;/h7-10,12H,4-6H2,1-3H3;1-2H3;1H3. The van der Waals surface area contributed by atoms with E-state index in [0.29, 0.717) is 0 Å². The summed E-state index contributed by atoms with van der Waals surface area (Å²) in [6.07, 6.45) is 3.96. The largest absolute Gasteiger partial charge is 0.344 e. The van der Waals surface area contributed by atoms with Gasteiger partial charge in [-0.3, -0.25) is 0 Å². The third kappa shape index (κ3) is 6.62. The van der Waals surface area contributed by atoms with Crippen molar-refractivity contribution < 1.29 is 0 Å². The van der Waals surface area contributed by atoms with E-state index in [1.165, 1.54) is 30.4 Å². The first kappa shape index (κ1) is 17.6. The number of benzene rings is 1. The molecule has 3 N–H and O–H groups in total. The molecule has 0 amide bonds. The van der Waals surface area contributed by atoms with Crippen LogP contribution in [0, 0.1) is 6.92 Å². The topological polar surface area (TPSA) is 35.0 Å². The minimum atomic E-state index is 0. The Kier molecular flexibility index (Phi) is 11.7. The lowest BCUT2D eigenvalue weighted by molar-refractivity contribution is 0.624. The van der Waals surface area contributed by atoms with Crippen molar-refractivity contribution in [1.82, 2.24) is 6.15 Å². The maximum absolute atomic E-state index is 2.32. The van der Waals surface area contributed by atoms with Gasteiger partial charge in [-0.25, -0.2) is 0 Å². The molecule has 1 unspecified atom stereocenters. The second-order valence-corrected chi connectivity index (χ2v) is 3.95. The van der Waals surface area contributed by atoms with Crippen LogP contribution in [0.4, 0.5) is 0 Å². The SMILES string of the molecule is CC.CCCCC(C)c1ccc(C)cc1.N. The van der Waals surface area contributed by atoms with Crippen LogP contribution in [-0.2, 0) is 0 Å². The molecule has 0 radical (unpaired) electrons. The Labute approximate surface area is 102 Å². The van der Waals surface area contributed by atoms with Crippen LogP contribution >= 0.6 is 0 Å². The lowest BCUT2D eigenvalue weighted by Gasteiger charge is -2.10. The molecular formula is C15H29N. The summed E-state index contributed by atoms with van der Waals surface area (Å²) in [5.41, 5.74) is 2.84. The molecule has 0 bridgehead atoms. The molecule has 16 heavy (non-hydrogen) atoms. The molecule has 1 atom stereocenters. The molecule has 94 valence electrons. The van der Waals surface area contributed by atoms with Crippen molar-refractivity contribution in [2.75, 3.05) is 0 Å². The zero-order chi connectivity index (χ0) is 11.7. The van der Waals surface area contributed by atoms with Gasteiger partial charge >= 0.3 is 0 Å². The molecule has 0 fully saturated rings. The normalized spacial score (nSPS) is 10.8. The zero-order valence-corrected chi connectivity index (χ0v) is 11.7. The van der Waals surface area contributed by atoms with Crippen LogP contribution in [0.3, 0.4) is 0 Å². The van der Waals surface area contributed by atoms with Crippen LogP contribution in [0.2, 0.25) is 0 Å². The summed E-state index contributed by atoms with van der Waals surface area (Å²) < 4.78 is 0. The monoisotopic (exact) mass is 223 g/mol. The Bertz CT molecular complexity index is 238. The van der Waals surface area contributed by atoms with E-state index in [1.807, 2.05) is 13.8 Å². The van der Waals surface area contributed by atoms with Gasteiger partial charge in [0.1, 0.15) is 0 Å². The van der Waals surface area contributed by atoms with E-state index < -0.39 is 0 Å². The van der Waals surface area contributed by atoms with Crippen molar-refractivity contribution in [2.24, 2.45) is 0 Å². The molecular weight excluding hydrogens is 194 g/mol. The summed E-state index contributed by atoms with van der Waals surface area (Å²) >= 11 is 0. The maximum Gasteiger partial charge on any atom is -0.0190 e. The minimum Gasteiger partial charge on any atom is -0.344 e. The first-order valence-electron chi connectivity index (χ1n) is 6.30. The Balaban J connectivity index is 0. The van der Waals surface area contributed by atoms with Gasteiger partial charge in [-0.1, -0.05) is 70.4 Å². The van der Waals surface area contributed by atoms with Crippen LogP contribution < -0.4 is 6.15 Å². The van der Waals surface area contributed by atoms with E-state index in [9.17, 15) is 0 Å². The maximum atomic E-state index is 2.32. The van der Waals surface area contributed by atoms with E-state index in [-0.39, 0.29) is 6.15 Å². The fourth-order valence-electron chi connectivity index (χ4n) is 1.57. The lowest BCUT2D eigenvalue weighted by Crippen LogP contribution is -1.92. The van der Waals surface area contributed by atoms with Gasteiger partial charge in [0.15, 0.2) is 0 Å². The van der Waals surface area contributed by atoms with E-state index in [1.54, 1.807) is 0 Å². The van der Waals surface area contributed by atoms with Crippen LogP contribution in [0.1, 0.15) is 64.0 Å². The Morgan fingerprint density at radius 2 is 1.56 bits per heavy atom. The van der Waals surface area contributed by atoms with Crippen LogP contribution in [0.5, 0.6) is 0 Å². The summed E-state index contributed by atoms with van der Waals surface area (Å²) in [7, 11) is 0. The second kappa shape index (κ2) is 10.7. The zero-order valence-electron chi connectivity index (χ0n) is 11.7. The number of unbranched alkanes of at least 4 members (excludes halogenated alkanes) is 1. The van der Waals surface area contributed by atoms with Crippen molar-refractivity contribution in [3.63, 3.8) is 0 Å². The van der Waals surface area contributed by atoms with E-state index in [4.69, 9.17) is 0 Å². The number of hydrogen-bond donors (Lipinski definition) is 1. The second-order valence-electron chi connectivity index (χ2n) is 3.95. The molecule has 0 aliphatic carbocycles. The van der Waals surface area contributed by atoms with Gasteiger partial charge in [-0.05, 0) is 24.8 Å². The minimum absolute atomic E-state index is 0. The third-order valence-electron chi connectivity index (χ3n) is 2.64. The molecule has 1 heteroatoms.